The number of rotatable bonds is 5. The first kappa shape index (κ1) is 15.0. The molecule has 0 saturated carbocycles. The molecule has 0 aromatic carbocycles. The number of nitrogens with zero attached hydrogens (tertiary/aromatic N) is 1. The molecule has 1 atom stereocenters. The molecule has 116 valence electrons. The van der Waals surface area contributed by atoms with E-state index in [0.717, 1.165) is 28.9 Å². The molecule has 0 radical (unpaired) electrons. The number of fused-ring (bicyclic) bond motifs is 1. The summed E-state index contributed by atoms with van der Waals surface area (Å²) in [6.07, 6.45) is 8.11. The summed E-state index contributed by atoms with van der Waals surface area (Å²) in [7, 11) is 0. The highest BCUT2D eigenvalue weighted by molar-refractivity contribution is 5.73. The number of ether oxygens (including phenoxy) is 1. The molecule has 1 aliphatic carbocycles. The van der Waals surface area contributed by atoms with E-state index in [4.69, 9.17) is 14.5 Å². The number of allylic oxidation sites excluding steroid dienone is 4. The maximum absolute atomic E-state index is 9.44. The molecule has 1 aromatic rings. The van der Waals surface area contributed by atoms with Crippen molar-refractivity contribution in [3.05, 3.63) is 59.1 Å². The van der Waals surface area contributed by atoms with Gasteiger partial charge in [0.05, 0.1) is 18.9 Å². The van der Waals surface area contributed by atoms with E-state index in [0.29, 0.717) is 18.9 Å². The van der Waals surface area contributed by atoms with Gasteiger partial charge < -0.3 is 14.7 Å². The van der Waals surface area contributed by atoms with E-state index in [9.17, 15) is 5.11 Å². The van der Waals surface area contributed by atoms with Gasteiger partial charge >= 0.3 is 0 Å². The third-order valence-corrected chi connectivity index (χ3v) is 3.65. The zero-order chi connectivity index (χ0) is 15.4. The number of hydrogen-bond donors (Lipinski definition) is 1. The third kappa shape index (κ3) is 3.11. The van der Waals surface area contributed by atoms with Crippen molar-refractivity contribution in [3.63, 3.8) is 0 Å². The molecule has 0 saturated heterocycles. The van der Waals surface area contributed by atoms with E-state index >= 15 is 0 Å². The Morgan fingerprint density at radius 1 is 1.36 bits per heavy atom. The Morgan fingerprint density at radius 2 is 2.27 bits per heavy atom. The lowest BCUT2D eigenvalue weighted by Gasteiger charge is -2.26. The second-order valence-corrected chi connectivity index (χ2v) is 5.12. The molecule has 3 rings (SSSR count). The van der Waals surface area contributed by atoms with Crippen molar-refractivity contribution >= 4 is 5.57 Å². The van der Waals surface area contributed by atoms with Gasteiger partial charge in [0.1, 0.15) is 6.10 Å². The van der Waals surface area contributed by atoms with E-state index in [1.807, 2.05) is 37.3 Å². The fraction of sp³-hybridized carbons (Fsp3) is 0.353. The van der Waals surface area contributed by atoms with Gasteiger partial charge in [-0.1, -0.05) is 12.1 Å². The van der Waals surface area contributed by atoms with Crippen LogP contribution in [-0.4, -0.2) is 29.4 Å². The molecule has 0 amide bonds. The third-order valence-electron chi connectivity index (χ3n) is 3.65. The molecule has 2 heterocycles. The summed E-state index contributed by atoms with van der Waals surface area (Å²) in [6.45, 7) is 2.99. The minimum atomic E-state index is -0.197. The average Bonchev–Trinajstić information content (AvgIpc) is 2.59. The molecule has 0 fully saturated rings. The molecule has 5 heteroatoms. The summed E-state index contributed by atoms with van der Waals surface area (Å²) >= 11 is 0. The lowest BCUT2D eigenvalue weighted by molar-refractivity contribution is -0.294. The smallest absolute Gasteiger partial charge is 0.168 e. The fourth-order valence-electron chi connectivity index (χ4n) is 2.57. The van der Waals surface area contributed by atoms with E-state index in [-0.39, 0.29) is 12.7 Å². The summed E-state index contributed by atoms with van der Waals surface area (Å²) in [5.74, 6) is 0.728. The van der Waals surface area contributed by atoms with Crippen LogP contribution in [0.3, 0.4) is 0 Å². The van der Waals surface area contributed by atoms with Gasteiger partial charge in [0.15, 0.2) is 5.76 Å². The van der Waals surface area contributed by atoms with Gasteiger partial charge in [0.25, 0.3) is 0 Å². The van der Waals surface area contributed by atoms with Crippen molar-refractivity contribution in [1.82, 2.24) is 4.98 Å². The van der Waals surface area contributed by atoms with Gasteiger partial charge in [-0.3, -0.25) is 4.98 Å². The zero-order valence-corrected chi connectivity index (χ0v) is 12.5. The molecule has 1 N–H and O–H groups in total. The molecular weight excluding hydrogens is 282 g/mol. The summed E-state index contributed by atoms with van der Waals surface area (Å²) in [6, 6.07) is 3.85. The maximum atomic E-state index is 9.44. The topological polar surface area (TPSA) is 60.8 Å². The van der Waals surface area contributed by atoms with Crippen LogP contribution in [0.2, 0.25) is 0 Å². The number of aliphatic hydroxyl groups excluding tert-OH is 1. The quantitative estimate of drug-likeness (QED) is 0.847. The van der Waals surface area contributed by atoms with E-state index in [1.165, 1.54) is 0 Å². The lowest BCUT2D eigenvalue weighted by atomic mass is 9.91. The molecule has 22 heavy (non-hydrogen) atoms. The Bertz CT molecular complexity index is 633. The first-order valence-electron chi connectivity index (χ1n) is 7.40. The maximum Gasteiger partial charge on any atom is 0.168 e. The summed E-state index contributed by atoms with van der Waals surface area (Å²) < 4.78 is 5.37. The van der Waals surface area contributed by atoms with Crippen LogP contribution in [0.4, 0.5) is 0 Å². The second kappa shape index (κ2) is 6.87. The Hall–Kier alpha value is -1.95. The minimum Gasteiger partial charge on any atom is -0.390 e. The van der Waals surface area contributed by atoms with E-state index < -0.39 is 0 Å². The number of hydrogen-bond acceptors (Lipinski definition) is 5. The predicted molar refractivity (Wildman–Crippen MR) is 81.4 cm³/mol. The number of pyridine rings is 1. The molecule has 0 spiro atoms. The van der Waals surface area contributed by atoms with Crippen LogP contribution in [0.25, 0.3) is 5.57 Å². The zero-order valence-electron chi connectivity index (χ0n) is 12.5. The molecule has 0 bridgehead atoms. The lowest BCUT2D eigenvalue weighted by Crippen LogP contribution is -2.23. The van der Waals surface area contributed by atoms with E-state index in [1.54, 1.807) is 6.20 Å². The second-order valence-electron chi connectivity index (χ2n) is 5.12. The van der Waals surface area contributed by atoms with Crippen LogP contribution in [-0.2, 0) is 21.1 Å². The number of aliphatic hydroxyl groups is 1. The van der Waals surface area contributed by atoms with Gasteiger partial charge in [-0.15, -0.1) is 0 Å². The van der Waals surface area contributed by atoms with Crippen molar-refractivity contribution < 1.29 is 19.6 Å². The van der Waals surface area contributed by atoms with Gasteiger partial charge in [-0.2, -0.15) is 4.89 Å². The van der Waals surface area contributed by atoms with Crippen LogP contribution in [0.15, 0.2) is 47.9 Å². The molecule has 2 aliphatic rings. The summed E-state index contributed by atoms with van der Waals surface area (Å²) in [5, 5.41) is 9.44. The van der Waals surface area contributed by atoms with Crippen molar-refractivity contribution in [2.45, 2.75) is 26.1 Å². The van der Waals surface area contributed by atoms with Crippen molar-refractivity contribution in [3.8, 4) is 0 Å². The summed E-state index contributed by atoms with van der Waals surface area (Å²) in [4.78, 5) is 14.8. The first-order valence-corrected chi connectivity index (χ1v) is 7.40. The first-order chi connectivity index (χ1) is 10.8. The van der Waals surface area contributed by atoms with Crippen LogP contribution >= 0.6 is 0 Å². The Balaban J connectivity index is 1.83. The van der Waals surface area contributed by atoms with Gasteiger partial charge in [0, 0.05) is 30.4 Å². The largest absolute Gasteiger partial charge is 0.390 e. The molecule has 5 nitrogen and oxygen atoms in total. The predicted octanol–water partition coefficient (Wildman–Crippen LogP) is 2.54. The highest BCUT2D eigenvalue weighted by Crippen LogP contribution is 2.35. The highest BCUT2D eigenvalue weighted by Gasteiger charge is 2.24. The van der Waals surface area contributed by atoms with Crippen LogP contribution in [0.1, 0.15) is 24.6 Å². The fourth-order valence-corrected chi connectivity index (χ4v) is 2.57. The number of aromatic nitrogens is 1. The van der Waals surface area contributed by atoms with Crippen LogP contribution < -0.4 is 0 Å². The van der Waals surface area contributed by atoms with Gasteiger partial charge in [0.2, 0.25) is 0 Å². The molecule has 1 aliphatic heterocycles. The standard InChI is InChI=1S/C17H19NO4/c1-2-20-11-14-9-13-8-12(5-6-17(13)22-21-14)15-4-3-7-18-16(15)10-19/h3-7,9,14,19H,2,8,10-11H2,1H3. The van der Waals surface area contributed by atoms with Crippen molar-refractivity contribution in [2.24, 2.45) is 0 Å². The SMILES string of the molecule is CCOCC1C=C2CC(c3cccnc3CO)=CC=C2OO1. The monoisotopic (exact) mass is 301 g/mol. The van der Waals surface area contributed by atoms with Crippen molar-refractivity contribution in [1.29, 1.82) is 0 Å². The Labute approximate surface area is 129 Å². The van der Waals surface area contributed by atoms with Gasteiger partial charge in [-0.25, -0.2) is 0 Å². The summed E-state index contributed by atoms with van der Waals surface area (Å²) in [5.41, 5.74) is 3.83. The Morgan fingerprint density at radius 3 is 3.09 bits per heavy atom. The van der Waals surface area contributed by atoms with Crippen LogP contribution in [0, 0.1) is 0 Å². The Kier molecular flexibility index (Phi) is 4.68. The molecule has 1 aromatic heterocycles. The minimum absolute atomic E-state index is 0.0737. The molecular formula is C17H19NO4. The van der Waals surface area contributed by atoms with Crippen LogP contribution in [0.5, 0.6) is 0 Å². The average molecular weight is 301 g/mol. The van der Waals surface area contributed by atoms with Gasteiger partial charge in [-0.05, 0) is 30.7 Å². The normalized spacial score (nSPS) is 20.5. The highest BCUT2D eigenvalue weighted by atomic mass is 17.2. The van der Waals surface area contributed by atoms with E-state index in [2.05, 4.69) is 4.98 Å². The molecule has 1 unspecified atom stereocenters. The van der Waals surface area contributed by atoms with Crippen molar-refractivity contribution in [2.75, 3.05) is 13.2 Å².